The smallest absolute Gasteiger partial charge is 0.344 e. The zero-order valence-corrected chi connectivity index (χ0v) is 12.1. The molecule has 0 spiro atoms. The van der Waals surface area contributed by atoms with E-state index in [0.29, 0.717) is 10.6 Å². The van der Waals surface area contributed by atoms with Crippen molar-refractivity contribution >= 4 is 28.3 Å². The maximum absolute atomic E-state index is 11.6. The van der Waals surface area contributed by atoms with E-state index in [1.165, 1.54) is 24.2 Å². The molecule has 0 saturated heterocycles. The quantitative estimate of drug-likeness (QED) is 0.632. The molecule has 0 unspecified atom stereocenters. The van der Waals surface area contributed by atoms with Gasteiger partial charge in [-0.1, -0.05) is 30.3 Å². The van der Waals surface area contributed by atoms with E-state index in [1.54, 1.807) is 0 Å². The Bertz CT molecular complexity index is 569. The molecule has 106 valence electrons. The van der Waals surface area contributed by atoms with E-state index < -0.39 is 5.97 Å². The van der Waals surface area contributed by atoms with E-state index in [0.717, 1.165) is 19.4 Å². The number of nitrogens with two attached hydrogens (primary N) is 1. The number of ether oxygens (including phenoxy) is 1. The van der Waals surface area contributed by atoms with Crippen LogP contribution in [0.5, 0.6) is 0 Å². The number of nitrogens with zero attached hydrogens (tertiary/aromatic N) is 1. The average Bonchev–Trinajstić information content (AvgIpc) is 2.85. The number of aromatic nitrogens is 1. The summed E-state index contributed by atoms with van der Waals surface area (Å²) in [5.41, 5.74) is 7.30. The molecular weight excluding hydrogens is 274 g/mol. The molecule has 5 nitrogen and oxygen atoms in total. The fraction of sp³-hybridized carbons (Fsp3) is 0.286. The summed E-state index contributed by atoms with van der Waals surface area (Å²) in [7, 11) is 1.33. The maximum Gasteiger partial charge on any atom is 0.344 e. The highest BCUT2D eigenvalue weighted by molar-refractivity contribution is 7.11. The molecule has 0 saturated carbocycles. The van der Waals surface area contributed by atoms with Gasteiger partial charge in [-0.25, -0.2) is 4.79 Å². The number of nitrogens with one attached hydrogen (secondary N) is 1. The van der Waals surface area contributed by atoms with E-state index in [4.69, 9.17) is 10.5 Å². The first-order valence-electron chi connectivity index (χ1n) is 6.33. The van der Waals surface area contributed by atoms with Gasteiger partial charge in [0.05, 0.1) is 7.11 Å². The monoisotopic (exact) mass is 291 g/mol. The lowest BCUT2D eigenvalue weighted by Crippen LogP contribution is -2.09. The molecule has 6 heteroatoms. The highest BCUT2D eigenvalue weighted by Crippen LogP contribution is 2.27. The number of carbonyl (C=O) groups excluding carboxylic acids is 1. The van der Waals surface area contributed by atoms with Gasteiger partial charge in [0.25, 0.3) is 0 Å². The zero-order valence-electron chi connectivity index (χ0n) is 11.3. The Hall–Kier alpha value is -2.08. The van der Waals surface area contributed by atoms with Gasteiger partial charge in [0.2, 0.25) is 0 Å². The molecule has 0 aliphatic heterocycles. The predicted octanol–water partition coefficient (Wildman–Crippen LogP) is 2.56. The number of benzene rings is 1. The number of aryl methyl sites for hydroxylation is 1. The van der Waals surface area contributed by atoms with Crippen LogP contribution < -0.4 is 11.1 Å². The molecule has 0 amide bonds. The van der Waals surface area contributed by atoms with Gasteiger partial charge in [-0.2, -0.15) is 4.37 Å². The van der Waals surface area contributed by atoms with Gasteiger partial charge in [0.1, 0.15) is 10.6 Å². The number of carbonyl (C=O) groups is 1. The fourth-order valence-electron chi connectivity index (χ4n) is 1.86. The first-order chi connectivity index (χ1) is 9.72. The van der Waals surface area contributed by atoms with Crippen LogP contribution in [0.1, 0.15) is 22.3 Å². The summed E-state index contributed by atoms with van der Waals surface area (Å²) < 4.78 is 8.68. The average molecular weight is 291 g/mol. The molecule has 0 bridgehead atoms. The molecule has 3 N–H and O–H groups in total. The molecule has 0 atom stereocenters. The van der Waals surface area contributed by atoms with Crippen LogP contribution in [0, 0.1) is 0 Å². The largest absolute Gasteiger partial charge is 0.465 e. The predicted molar refractivity (Wildman–Crippen MR) is 81.1 cm³/mol. The van der Waals surface area contributed by atoms with Crippen molar-refractivity contribution in [2.45, 2.75) is 12.8 Å². The van der Waals surface area contributed by atoms with Crippen molar-refractivity contribution in [2.24, 2.45) is 0 Å². The second-order valence-corrected chi connectivity index (χ2v) is 5.05. The summed E-state index contributed by atoms with van der Waals surface area (Å²) >= 11 is 1.18. The number of esters is 1. The highest BCUT2D eigenvalue weighted by atomic mass is 32.1. The summed E-state index contributed by atoms with van der Waals surface area (Å²) in [6.45, 7) is 0.751. The molecule has 0 aliphatic carbocycles. The van der Waals surface area contributed by atoms with Gasteiger partial charge in [0.15, 0.2) is 5.82 Å². The van der Waals surface area contributed by atoms with Crippen LogP contribution in [0.2, 0.25) is 0 Å². The third-order valence-electron chi connectivity index (χ3n) is 2.88. The molecule has 20 heavy (non-hydrogen) atoms. The normalized spacial score (nSPS) is 10.2. The molecular formula is C14H17N3O2S. The first kappa shape index (κ1) is 14.3. The second-order valence-electron chi connectivity index (χ2n) is 4.28. The van der Waals surface area contributed by atoms with Crippen molar-refractivity contribution in [3.63, 3.8) is 0 Å². The van der Waals surface area contributed by atoms with Gasteiger partial charge >= 0.3 is 5.97 Å². The van der Waals surface area contributed by atoms with Crippen LogP contribution in [0.25, 0.3) is 0 Å². The summed E-state index contributed by atoms with van der Waals surface area (Å²) in [4.78, 5) is 11.6. The SMILES string of the molecule is COC(=O)c1c(N)nsc1NCCCc1ccccc1. The molecule has 0 fully saturated rings. The summed E-state index contributed by atoms with van der Waals surface area (Å²) in [6.07, 6.45) is 1.94. The topological polar surface area (TPSA) is 77.2 Å². The van der Waals surface area contributed by atoms with E-state index in [2.05, 4.69) is 21.8 Å². The third-order valence-corrected chi connectivity index (χ3v) is 3.70. The van der Waals surface area contributed by atoms with Crippen LogP contribution in [0.4, 0.5) is 10.8 Å². The minimum absolute atomic E-state index is 0.215. The standard InChI is InChI=1S/C14H17N3O2S/c1-19-14(18)11-12(15)17-20-13(11)16-9-5-8-10-6-3-2-4-7-10/h2-4,6-7,16H,5,8-9H2,1H3,(H2,15,17). The molecule has 2 aromatic rings. The van der Waals surface area contributed by atoms with Gasteiger partial charge in [-0.15, -0.1) is 0 Å². The van der Waals surface area contributed by atoms with Gasteiger partial charge in [-0.3, -0.25) is 0 Å². The molecule has 1 heterocycles. The molecule has 1 aromatic heterocycles. The number of anilines is 2. The Morgan fingerprint density at radius 1 is 1.40 bits per heavy atom. The van der Waals surface area contributed by atoms with Crippen LogP contribution in [0.3, 0.4) is 0 Å². The Kier molecular flexibility index (Phi) is 4.95. The molecule has 0 radical (unpaired) electrons. The fourth-order valence-corrected chi connectivity index (χ4v) is 2.59. The van der Waals surface area contributed by atoms with Crippen molar-refractivity contribution in [1.29, 1.82) is 0 Å². The first-order valence-corrected chi connectivity index (χ1v) is 7.11. The minimum Gasteiger partial charge on any atom is -0.465 e. The molecule has 1 aromatic carbocycles. The van der Waals surface area contributed by atoms with E-state index >= 15 is 0 Å². The van der Waals surface area contributed by atoms with Crippen LogP contribution in [-0.4, -0.2) is 24.0 Å². The Morgan fingerprint density at radius 3 is 2.85 bits per heavy atom. The lowest BCUT2D eigenvalue weighted by Gasteiger charge is -2.06. The number of methoxy groups -OCH3 is 1. The summed E-state index contributed by atoms with van der Waals surface area (Å²) in [5.74, 6) is -0.241. The van der Waals surface area contributed by atoms with Crippen LogP contribution in [0.15, 0.2) is 30.3 Å². The van der Waals surface area contributed by atoms with Gasteiger partial charge in [-0.05, 0) is 29.9 Å². The van der Waals surface area contributed by atoms with E-state index in [-0.39, 0.29) is 5.82 Å². The third kappa shape index (κ3) is 3.48. The van der Waals surface area contributed by atoms with Gasteiger partial charge < -0.3 is 15.8 Å². The van der Waals surface area contributed by atoms with E-state index in [1.807, 2.05) is 18.2 Å². The minimum atomic E-state index is -0.457. The lowest BCUT2D eigenvalue weighted by molar-refractivity contribution is 0.0603. The molecule has 0 aliphatic rings. The number of rotatable bonds is 6. The van der Waals surface area contributed by atoms with E-state index in [9.17, 15) is 4.79 Å². The summed E-state index contributed by atoms with van der Waals surface area (Å²) in [6, 6.07) is 10.3. The van der Waals surface area contributed by atoms with Crippen molar-refractivity contribution in [1.82, 2.24) is 4.37 Å². The number of nitrogen functional groups attached to an aromatic ring is 1. The van der Waals surface area contributed by atoms with Gasteiger partial charge in [0, 0.05) is 6.54 Å². The van der Waals surface area contributed by atoms with Crippen molar-refractivity contribution in [3.8, 4) is 0 Å². The Morgan fingerprint density at radius 2 is 2.15 bits per heavy atom. The number of hydrogen-bond donors (Lipinski definition) is 2. The maximum atomic E-state index is 11.6. The Balaban J connectivity index is 1.87. The van der Waals surface area contributed by atoms with Crippen molar-refractivity contribution in [2.75, 3.05) is 24.7 Å². The number of hydrogen-bond acceptors (Lipinski definition) is 6. The van der Waals surface area contributed by atoms with Crippen LogP contribution >= 0.6 is 11.5 Å². The summed E-state index contributed by atoms with van der Waals surface area (Å²) in [5, 5.41) is 3.86. The molecule has 2 rings (SSSR count). The zero-order chi connectivity index (χ0) is 14.4. The lowest BCUT2D eigenvalue weighted by atomic mass is 10.1. The van der Waals surface area contributed by atoms with Crippen LogP contribution in [-0.2, 0) is 11.2 Å². The van der Waals surface area contributed by atoms with Crippen molar-refractivity contribution in [3.05, 3.63) is 41.5 Å². The Labute approximate surface area is 121 Å². The second kappa shape index (κ2) is 6.91. The van der Waals surface area contributed by atoms with Crippen molar-refractivity contribution < 1.29 is 9.53 Å². The highest BCUT2D eigenvalue weighted by Gasteiger charge is 2.19.